The number of aryl methyl sites for hydroxylation is 1. The van der Waals surface area contributed by atoms with Crippen molar-refractivity contribution in [2.24, 2.45) is 0 Å². The second-order valence-electron chi connectivity index (χ2n) is 5.82. The van der Waals surface area contributed by atoms with Crippen LogP contribution < -0.4 is 4.90 Å². The Morgan fingerprint density at radius 3 is 2.81 bits per heavy atom. The van der Waals surface area contributed by atoms with Crippen molar-refractivity contribution in [3.63, 3.8) is 0 Å². The van der Waals surface area contributed by atoms with Crippen LogP contribution in [0.1, 0.15) is 16.3 Å². The molecule has 4 rings (SSSR count). The van der Waals surface area contributed by atoms with E-state index in [0.29, 0.717) is 17.5 Å². The monoisotopic (exact) mass is 376 g/mol. The Hall–Kier alpha value is -3.39. The van der Waals surface area contributed by atoms with Crippen LogP contribution in [0.25, 0.3) is 17.0 Å². The van der Waals surface area contributed by atoms with E-state index in [1.807, 2.05) is 48.7 Å². The van der Waals surface area contributed by atoms with Crippen molar-refractivity contribution in [1.82, 2.24) is 24.6 Å². The molecule has 0 spiro atoms. The molecule has 8 heteroatoms. The fraction of sp³-hybridized carbons (Fsp3) is 0.105. The molecule has 0 aliphatic rings. The Kier molecular flexibility index (Phi) is 4.47. The minimum absolute atomic E-state index is 0.0788. The van der Waals surface area contributed by atoms with Crippen LogP contribution >= 0.6 is 11.3 Å². The zero-order chi connectivity index (χ0) is 18.8. The van der Waals surface area contributed by atoms with Gasteiger partial charge in [-0.05, 0) is 13.0 Å². The molecule has 1 amide bonds. The van der Waals surface area contributed by atoms with Crippen LogP contribution in [-0.2, 0) is 0 Å². The third-order valence-electron chi connectivity index (χ3n) is 3.97. The molecule has 0 N–H and O–H groups in total. The van der Waals surface area contributed by atoms with Crippen LogP contribution in [0.2, 0.25) is 0 Å². The van der Waals surface area contributed by atoms with Crippen molar-refractivity contribution in [3.8, 4) is 11.3 Å². The van der Waals surface area contributed by atoms with Crippen molar-refractivity contribution < 1.29 is 4.79 Å². The molecule has 0 aliphatic carbocycles. The van der Waals surface area contributed by atoms with E-state index >= 15 is 0 Å². The molecule has 0 bridgehead atoms. The SMILES string of the molecule is C=CCN(C(=O)c1nc2nccc(C)n2n1)c1nc(-c2ccccc2)cs1. The lowest BCUT2D eigenvalue weighted by atomic mass is 10.2. The molecule has 3 heterocycles. The van der Waals surface area contributed by atoms with E-state index in [2.05, 4.69) is 26.6 Å². The number of fused-ring (bicyclic) bond motifs is 1. The zero-order valence-electron chi connectivity index (χ0n) is 14.6. The lowest BCUT2D eigenvalue weighted by molar-refractivity contribution is 0.0980. The Labute approximate surface area is 159 Å². The van der Waals surface area contributed by atoms with Gasteiger partial charge in [-0.15, -0.1) is 23.0 Å². The van der Waals surface area contributed by atoms with Gasteiger partial charge >= 0.3 is 0 Å². The Morgan fingerprint density at radius 1 is 1.26 bits per heavy atom. The topological polar surface area (TPSA) is 76.3 Å². The maximum Gasteiger partial charge on any atom is 0.300 e. The number of nitrogens with zero attached hydrogens (tertiary/aromatic N) is 6. The fourth-order valence-corrected chi connectivity index (χ4v) is 3.47. The van der Waals surface area contributed by atoms with Gasteiger partial charge in [0.15, 0.2) is 5.13 Å². The molecule has 0 aliphatic heterocycles. The number of thiazole rings is 1. The third kappa shape index (κ3) is 3.22. The highest BCUT2D eigenvalue weighted by atomic mass is 32.1. The quantitative estimate of drug-likeness (QED) is 0.499. The van der Waals surface area contributed by atoms with Crippen molar-refractivity contribution in [2.45, 2.75) is 6.92 Å². The molecule has 134 valence electrons. The van der Waals surface area contributed by atoms with Crippen LogP contribution in [0.15, 0.2) is 60.6 Å². The number of amides is 1. The summed E-state index contributed by atoms with van der Waals surface area (Å²) >= 11 is 1.39. The number of aromatic nitrogens is 5. The molecule has 0 radical (unpaired) electrons. The Morgan fingerprint density at radius 2 is 2.07 bits per heavy atom. The van der Waals surface area contributed by atoms with Crippen LogP contribution in [0.4, 0.5) is 5.13 Å². The molecular weight excluding hydrogens is 360 g/mol. The highest BCUT2D eigenvalue weighted by Crippen LogP contribution is 2.28. The first-order valence-electron chi connectivity index (χ1n) is 8.29. The smallest absolute Gasteiger partial charge is 0.277 e. The summed E-state index contributed by atoms with van der Waals surface area (Å²) in [5.74, 6) is 0.130. The van der Waals surface area contributed by atoms with Crippen molar-refractivity contribution in [2.75, 3.05) is 11.4 Å². The van der Waals surface area contributed by atoms with E-state index in [0.717, 1.165) is 17.0 Å². The second-order valence-corrected chi connectivity index (χ2v) is 6.66. The molecule has 3 aromatic heterocycles. The molecule has 4 aromatic rings. The molecular formula is C19H16N6OS. The predicted octanol–water partition coefficient (Wildman–Crippen LogP) is 3.39. The summed E-state index contributed by atoms with van der Waals surface area (Å²) in [6.45, 7) is 5.94. The first-order chi connectivity index (χ1) is 13.2. The summed E-state index contributed by atoms with van der Waals surface area (Å²) < 4.78 is 1.55. The fourth-order valence-electron chi connectivity index (χ4n) is 2.62. The molecule has 0 saturated heterocycles. The maximum atomic E-state index is 13.0. The number of hydrogen-bond donors (Lipinski definition) is 0. The van der Waals surface area contributed by atoms with Gasteiger partial charge in [0.25, 0.3) is 11.7 Å². The third-order valence-corrected chi connectivity index (χ3v) is 4.83. The van der Waals surface area contributed by atoms with Crippen molar-refractivity contribution in [3.05, 3.63) is 72.1 Å². The summed E-state index contributed by atoms with van der Waals surface area (Å²) in [7, 11) is 0. The minimum Gasteiger partial charge on any atom is -0.277 e. The minimum atomic E-state index is -0.339. The average molecular weight is 376 g/mol. The van der Waals surface area contributed by atoms with Crippen LogP contribution in [0, 0.1) is 6.92 Å². The Balaban J connectivity index is 1.69. The number of carbonyl (C=O) groups excluding carboxylic acids is 1. The number of benzene rings is 1. The van der Waals surface area contributed by atoms with Crippen LogP contribution in [0.5, 0.6) is 0 Å². The highest BCUT2D eigenvalue weighted by molar-refractivity contribution is 7.14. The lowest BCUT2D eigenvalue weighted by Crippen LogP contribution is -2.32. The van der Waals surface area contributed by atoms with Crippen LogP contribution in [-0.4, -0.2) is 37.0 Å². The van der Waals surface area contributed by atoms with Gasteiger partial charge in [-0.3, -0.25) is 9.69 Å². The van der Waals surface area contributed by atoms with Gasteiger partial charge in [0.2, 0.25) is 5.82 Å². The van der Waals surface area contributed by atoms with Gasteiger partial charge in [-0.2, -0.15) is 4.98 Å². The molecule has 27 heavy (non-hydrogen) atoms. The van der Waals surface area contributed by atoms with E-state index < -0.39 is 0 Å². The van der Waals surface area contributed by atoms with Gasteiger partial charge in [0, 0.05) is 29.4 Å². The highest BCUT2D eigenvalue weighted by Gasteiger charge is 2.24. The van der Waals surface area contributed by atoms with Gasteiger partial charge in [0.1, 0.15) is 0 Å². The molecule has 0 atom stereocenters. The normalized spacial score (nSPS) is 10.9. The number of anilines is 1. The Bertz CT molecular complexity index is 1120. The van der Waals surface area contributed by atoms with Gasteiger partial charge in [-0.1, -0.05) is 36.4 Å². The molecule has 0 saturated carbocycles. The summed E-state index contributed by atoms with van der Waals surface area (Å²) in [6.07, 6.45) is 3.29. The average Bonchev–Trinajstić information content (AvgIpc) is 3.34. The lowest BCUT2D eigenvalue weighted by Gasteiger charge is -2.15. The summed E-state index contributed by atoms with van der Waals surface area (Å²) in [5.41, 5.74) is 2.66. The number of hydrogen-bond acceptors (Lipinski definition) is 6. The summed E-state index contributed by atoms with van der Waals surface area (Å²) in [5, 5.41) is 6.80. The number of rotatable bonds is 5. The van der Waals surface area contributed by atoms with Gasteiger partial charge < -0.3 is 0 Å². The molecule has 0 unspecified atom stereocenters. The van der Waals surface area contributed by atoms with Crippen molar-refractivity contribution in [1.29, 1.82) is 0 Å². The van der Waals surface area contributed by atoms with E-state index in [1.165, 1.54) is 16.2 Å². The molecule has 1 aromatic carbocycles. The first kappa shape index (κ1) is 17.0. The standard InChI is InChI=1S/C19H16N6OS/c1-3-11-24(19-21-15(12-27-19)14-7-5-4-6-8-14)17(26)16-22-18-20-10-9-13(2)25(18)23-16/h3-10,12H,1,11H2,2H3. The van der Waals surface area contributed by atoms with E-state index in [1.54, 1.807) is 16.8 Å². The first-order valence-corrected chi connectivity index (χ1v) is 9.17. The zero-order valence-corrected chi connectivity index (χ0v) is 15.4. The number of carbonyl (C=O) groups is 1. The van der Waals surface area contributed by atoms with Gasteiger partial charge in [-0.25, -0.2) is 14.5 Å². The maximum absolute atomic E-state index is 13.0. The van der Waals surface area contributed by atoms with Crippen molar-refractivity contribution >= 4 is 28.2 Å². The van der Waals surface area contributed by atoms with E-state index in [4.69, 9.17) is 0 Å². The largest absolute Gasteiger partial charge is 0.300 e. The second kappa shape index (κ2) is 7.08. The molecule has 7 nitrogen and oxygen atoms in total. The van der Waals surface area contributed by atoms with Crippen LogP contribution in [0.3, 0.4) is 0 Å². The summed E-state index contributed by atoms with van der Waals surface area (Å²) in [4.78, 5) is 27.6. The molecule has 0 fully saturated rings. The van der Waals surface area contributed by atoms with Gasteiger partial charge in [0.05, 0.1) is 5.69 Å². The summed E-state index contributed by atoms with van der Waals surface area (Å²) in [6, 6.07) is 11.6. The predicted molar refractivity (Wildman–Crippen MR) is 105 cm³/mol. The van der Waals surface area contributed by atoms with E-state index in [-0.39, 0.29) is 11.7 Å². The van der Waals surface area contributed by atoms with E-state index in [9.17, 15) is 4.79 Å².